The van der Waals surface area contributed by atoms with Crippen molar-refractivity contribution < 1.29 is 13.6 Å². The second-order valence-electron chi connectivity index (χ2n) is 9.43. The van der Waals surface area contributed by atoms with Crippen molar-refractivity contribution in [1.82, 2.24) is 0 Å². The molecule has 0 aliphatic carbocycles. The fourth-order valence-corrected chi connectivity index (χ4v) is 3.62. The van der Waals surface area contributed by atoms with Crippen molar-refractivity contribution in [1.29, 1.82) is 0 Å². The van der Waals surface area contributed by atoms with Gasteiger partial charge in [0.15, 0.2) is 17.3 Å². The summed E-state index contributed by atoms with van der Waals surface area (Å²) in [5, 5.41) is -0.00992. The second kappa shape index (κ2) is 7.19. The first-order chi connectivity index (χ1) is 12.3. The molecule has 0 aliphatic rings. The Bertz CT molecular complexity index is 853. The van der Waals surface area contributed by atoms with Crippen LogP contribution in [0.1, 0.15) is 47.1 Å². The van der Waals surface area contributed by atoms with Crippen LogP contribution in [0.15, 0.2) is 39.5 Å². The average molecular weight is 389 g/mol. The summed E-state index contributed by atoms with van der Waals surface area (Å²) in [6.07, 6.45) is 0. The lowest BCUT2D eigenvalue weighted by atomic mass is 9.87. The van der Waals surface area contributed by atoms with Gasteiger partial charge in [0.05, 0.1) is 12.7 Å². The predicted octanol–water partition coefficient (Wildman–Crippen LogP) is 6.00. The van der Waals surface area contributed by atoms with Gasteiger partial charge in [0.25, 0.3) is 8.32 Å². The molecule has 2 rings (SSSR count). The van der Waals surface area contributed by atoms with Gasteiger partial charge in [0.2, 0.25) is 0 Å². The molecule has 0 atom stereocenters. The lowest BCUT2D eigenvalue weighted by Crippen LogP contribution is -2.44. The Labute approximate surface area is 163 Å². The van der Waals surface area contributed by atoms with Gasteiger partial charge in [-0.15, -0.1) is 0 Å². The molecule has 148 valence electrons. The molecule has 4 nitrogen and oxygen atoms in total. The van der Waals surface area contributed by atoms with Crippen LogP contribution in [0, 0.1) is 0 Å². The summed E-state index contributed by atoms with van der Waals surface area (Å²) in [5.74, 6) is 1.43. The van der Waals surface area contributed by atoms with E-state index in [1.165, 1.54) is 0 Å². The maximum atomic E-state index is 12.9. The first-order valence-electron chi connectivity index (χ1n) is 9.29. The highest BCUT2D eigenvalue weighted by molar-refractivity contribution is 6.74. The number of hydrogen-bond acceptors (Lipinski definition) is 4. The first kappa shape index (κ1) is 21.3. The zero-order valence-corrected chi connectivity index (χ0v) is 19.0. The molecular weight excluding hydrogens is 356 g/mol. The monoisotopic (exact) mass is 388 g/mol. The molecule has 0 N–H and O–H groups in total. The lowest BCUT2D eigenvalue weighted by molar-refractivity contribution is 0.349. The summed E-state index contributed by atoms with van der Waals surface area (Å²) >= 11 is 0. The van der Waals surface area contributed by atoms with Crippen LogP contribution in [0.25, 0.3) is 11.3 Å². The smallest absolute Gasteiger partial charge is 0.344 e. The van der Waals surface area contributed by atoms with Crippen LogP contribution in [0.2, 0.25) is 18.1 Å². The highest BCUT2D eigenvalue weighted by Crippen LogP contribution is 2.46. The Kier molecular flexibility index (Phi) is 5.67. The molecule has 0 spiro atoms. The second-order valence-corrected chi connectivity index (χ2v) is 14.2. The molecule has 0 radical (unpaired) electrons. The van der Waals surface area contributed by atoms with E-state index < -0.39 is 13.7 Å². The van der Waals surface area contributed by atoms with Gasteiger partial charge >= 0.3 is 5.63 Å². The minimum Gasteiger partial charge on any atom is -0.538 e. The summed E-state index contributed by atoms with van der Waals surface area (Å²) in [6.45, 7) is 16.8. The zero-order chi connectivity index (χ0) is 20.6. The molecule has 0 amide bonds. The first-order valence-corrected chi connectivity index (χ1v) is 12.2. The lowest BCUT2D eigenvalue weighted by Gasteiger charge is -2.37. The van der Waals surface area contributed by atoms with Crippen molar-refractivity contribution >= 4 is 8.32 Å². The van der Waals surface area contributed by atoms with Crippen LogP contribution in [0.4, 0.5) is 0 Å². The third-order valence-corrected chi connectivity index (χ3v) is 9.52. The van der Waals surface area contributed by atoms with Gasteiger partial charge < -0.3 is 13.6 Å². The van der Waals surface area contributed by atoms with Gasteiger partial charge in [-0.2, -0.15) is 0 Å². The van der Waals surface area contributed by atoms with Gasteiger partial charge in [0, 0.05) is 5.56 Å². The Morgan fingerprint density at radius 2 is 1.48 bits per heavy atom. The molecule has 5 heteroatoms. The van der Waals surface area contributed by atoms with Gasteiger partial charge in [-0.25, -0.2) is 4.79 Å². The Morgan fingerprint density at radius 1 is 0.926 bits per heavy atom. The molecule has 2 aromatic rings. The van der Waals surface area contributed by atoms with Gasteiger partial charge in [-0.05, 0) is 23.5 Å². The van der Waals surface area contributed by atoms with E-state index in [1.54, 1.807) is 7.11 Å². The Balaban J connectivity index is 2.86. The van der Waals surface area contributed by atoms with Crippen molar-refractivity contribution in [3.63, 3.8) is 0 Å². The fraction of sp³-hybridized carbons (Fsp3) is 0.500. The number of hydrogen-bond donors (Lipinski definition) is 0. The topological polar surface area (TPSA) is 48.7 Å². The van der Waals surface area contributed by atoms with E-state index in [0.717, 1.165) is 5.56 Å². The van der Waals surface area contributed by atoms with E-state index in [9.17, 15) is 4.79 Å². The van der Waals surface area contributed by atoms with Crippen LogP contribution < -0.4 is 14.8 Å². The fourth-order valence-electron chi connectivity index (χ4n) is 2.62. The summed E-state index contributed by atoms with van der Waals surface area (Å²) in [6, 6.07) is 9.57. The molecule has 0 unspecified atom stereocenters. The SMILES string of the molecule is COc1c(O[Si](C)(C)C(C)(C)C)c(-c2ccccc2)oc(=O)c1C(C)(C)C. The van der Waals surface area contributed by atoms with Crippen LogP contribution in [0.5, 0.6) is 11.5 Å². The van der Waals surface area contributed by atoms with Crippen LogP contribution in [-0.2, 0) is 5.41 Å². The number of ether oxygens (including phenoxy) is 1. The Hall–Kier alpha value is -2.01. The molecule has 27 heavy (non-hydrogen) atoms. The van der Waals surface area contributed by atoms with Crippen molar-refractivity contribution in [2.45, 2.75) is 65.1 Å². The van der Waals surface area contributed by atoms with E-state index in [0.29, 0.717) is 22.8 Å². The molecule has 1 heterocycles. The molecule has 0 saturated heterocycles. The van der Waals surface area contributed by atoms with Crippen molar-refractivity contribution in [3.05, 3.63) is 46.3 Å². The van der Waals surface area contributed by atoms with E-state index in [2.05, 4.69) is 33.9 Å². The molecule has 0 saturated carbocycles. The molecule has 0 fully saturated rings. The average Bonchev–Trinajstić information content (AvgIpc) is 2.54. The number of benzene rings is 1. The minimum atomic E-state index is -2.20. The summed E-state index contributed by atoms with van der Waals surface area (Å²) < 4.78 is 18.2. The molecule has 1 aromatic carbocycles. The maximum Gasteiger partial charge on any atom is 0.344 e. The molecular formula is C22H32O4Si. The van der Waals surface area contributed by atoms with E-state index >= 15 is 0 Å². The van der Waals surface area contributed by atoms with Crippen LogP contribution in [-0.4, -0.2) is 15.4 Å². The summed E-state index contributed by atoms with van der Waals surface area (Å²) in [7, 11) is -0.618. The zero-order valence-electron chi connectivity index (χ0n) is 18.0. The summed E-state index contributed by atoms with van der Waals surface area (Å²) in [4.78, 5) is 12.9. The van der Waals surface area contributed by atoms with Gasteiger partial charge in [-0.1, -0.05) is 71.9 Å². The predicted molar refractivity (Wildman–Crippen MR) is 113 cm³/mol. The highest BCUT2D eigenvalue weighted by atomic mass is 28.4. The third kappa shape index (κ3) is 4.29. The standard InChI is InChI=1S/C22H32O4Si/c1-21(2,3)16-18(24-7)19(26-27(8,9)22(4,5)6)17(25-20(16)23)15-13-11-10-12-14-15/h10-14H,1-9H3. The van der Waals surface area contributed by atoms with E-state index in [-0.39, 0.29) is 10.7 Å². The van der Waals surface area contributed by atoms with Crippen LogP contribution >= 0.6 is 0 Å². The van der Waals surface area contributed by atoms with Crippen molar-refractivity contribution in [2.24, 2.45) is 0 Å². The molecule has 0 aliphatic heterocycles. The van der Waals surface area contributed by atoms with Crippen LogP contribution in [0.3, 0.4) is 0 Å². The molecule has 0 bridgehead atoms. The minimum absolute atomic E-state index is 0.00992. The van der Waals surface area contributed by atoms with Gasteiger partial charge in [-0.3, -0.25) is 0 Å². The van der Waals surface area contributed by atoms with E-state index in [4.69, 9.17) is 13.6 Å². The third-order valence-electron chi connectivity index (χ3n) is 5.19. The normalized spacial score (nSPS) is 12.8. The molecule has 1 aromatic heterocycles. The van der Waals surface area contributed by atoms with Crippen molar-refractivity contribution in [2.75, 3.05) is 7.11 Å². The summed E-state index contributed by atoms with van der Waals surface area (Å²) in [5.41, 5.74) is 0.466. The highest BCUT2D eigenvalue weighted by Gasteiger charge is 2.42. The number of methoxy groups -OCH3 is 1. The van der Waals surface area contributed by atoms with Gasteiger partial charge in [0.1, 0.15) is 0 Å². The largest absolute Gasteiger partial charge is 0.538 e. The van der Waals surface area contributed by atoms with E-state index in [1.807, 2.05) is 51.1 Å². The number of rotatable bonds is 4. The quantitative estimate of drug-likeness (QED) is 0.603. The Morgan fingerprint density at radius 3 is 1.93 bits per heavy atom. The maximum absolute atomic E-state index is 12.9. The van der Waals surface area contributed by atoms with Crippen molar-refractivity contribution in [3.8, 4) is 22.8 Å².